The van der Waals surface area contributed by atoms with Crippen LogP contribution in [0.5, 0.6) is 0 Å². The Hall–Kier alpha value is -1.10. The summed E-state index contributed by atoms with van der Waals surface area (Å²) >= 11 is 0. The van der Waals surface area contributed by atoms with E-state index in [1.807, 2.05) is 11.8 Å². The number of amides is 2. The molecule has 2 amide bonds. The number of nitrogens with two attached hydrogens (primary N) is 1. The van der Waals surface area contributed by atoms with Crippen molar-refractivity contribution in [2.45, 2.75) is 57.5 Å². The van der Waals surface area contributed by atoms with Gasteiger partial charge in [0.1, 0.15) is 6.04 Å². The molecule has 3 atom stereocenters. The lowest BCUT2D eigenvalue weighted by Gasteiger charge is -2.40. The van der Waals surface area contributed by atoms with Gasteiger partial charge < -0.3 is 16.0 Å². The van der Waals surface area contributed by atoms with Crippen molar-refractivity contribution in [3.8, 4) is 0 Å². The van der Waals surface area contributed by atoms with Gasteiger partial charge in [-0.25, -0.2) is 0 Å². The number of nitrogens with one attached hydrogen (secondary N) is 1. The van der Waals surface area contributed by atoms with Gasteiger partial charge >= 0.3 is 0 Å². The number of rotatable bonds is 4. The summed E-state index contributed by atoms with van der Waals surface area (Å²) in [6.07, 6.45) is 5.64. The summed E-state index contributed by atoms with van der Waals surface area (Å²) in [5, 5.41) is 2.78. The van der Waals surface area contributed by atoms with Crippen molar-refractivity contribution < 1.29 is 9.59 Å². The number of likely N-dealkylation sites (N-methyl/N-ethyl adjacent to an activating group) is 1. The van der Waals surface area contributed by atoms with Gasteiger partial charge in [0.15, 0.2) is 0 Å². The number of carbonyl (C=O) groups excluding carboxylic acids is 2. The molecule has 5 heteroatoms. The number of nitrogens with zero attached hydrogens (tertiary/aromatic N) is 1. The van der Waals surface area contributed by atoms with Crippen molar-refractivity contribution >= 4 is 11.8 Å². The summed E-state index contributed by atoms with van der Waals surface area (Å²) in [5.41, 5.74) is 5.85. The van der Waals surface area contributed by atoms with E-state index in [0.29, 0.717) is 31.8 Å². The molecule has 0 aromatic rings. The summed E-state index contributed by atoms with van der Waals surface area (Å²) in [7, 11) is 0. The molecule has 0 aromatic heterocycles. The summed E-state index contributed by atoms with van der Waals surface area (Å²) in [4.78, 5) is 25.8. The van der Waals surface area contributed by atoms with E-state index in [1.54, 1.807) is 0 Å². The smallest absolute Gasteiger partial charge is 0.245 e. The Morgan fingerprint density at radius 3 is 2.68 bits per heavy atom. The first-order valence-electron chi connectivity index (χ1n) is 7.47. The van der Waals surface area contributed by atoms with E-state index >= 15 is 0 Å². The predicted molar refractivity (Wildman–Crippen MR) is 73.4 cm³/mol. The van der Waals surface area contributed by atoms with Crippen molar-refractivity contribution in [1.82, 2.24) is 10.2 Å². The standard InChI is InChI=1S/C14H25N3O2/c1-2-17(12-6-4-3-5-10(12)9-15)14(19)11-7-8-13(18)16-11/h10-12H,2-9,15H2,1H3,(H,16,18). The van der Waals surface area contributed by atoms with E-state index in [2.05, 4.69) is 5.32 Å². The summed E-state index contributed by atoms with van der Waals surface area (Å²) in [6.45, 7) is 3.36. The van der Waals surface area contributed by atoms with Crippen LogP contribution in [0.1, 0.15) is 45.4 Å². The molecule has 1 saturated heterocycles. The second-order valence-corrected chi connectivity index (χ2v) is 5.63. The van der Waals surface area contributed by atoms with Gasteiger partial charge in [-0.15, -0.1) is 0 Å². The maximum absolute atomic E-state index is 12.6. The summed E-state index contributed by atoms with van der Waals surface area (Å²) < 4.78 is 0. The van der Waals surface area contributed by atoms with Gasteiger partial charge in [0.2, 0.25) is 11.8 Å². The third-order valence-electron chi connectivity index (χ3n) is 4.49. The highest BCUT2D eigenvalue weighted by molar-refractivity contribution is 5.91. The summed E-state index contributed by atoms with van der Waals surface area (Å²) in [6, 6.07) is -0.0541. The van der Waals surface area contributed by atoms with Gasteiger partial charge in [-0.1, -0.05) is 12.8 Å². The zero-order valence-electron chi connectivity index (χ0n) is 11.7. The molecule has 1 saturated carbocycles. The maximum Gasteiger partial charge on any atom is 0.245 e. The minimum absolute atomic E-state index is 0.00609. The van der Waals surface area contributed by atoms with E-state index in [1.165, 1.54) is 12.8 Å². The lowest BCUT2D eigenvalue weighted by molar-refractivity contribution is -0.138. The zero-order chi connectivity index (χ0) is 13.8. The van der Waals surface area contributed by atoms with Gasteiger partial charge in [0, 0.05) is 19.0 Å². The molecule has 2 rings (SSSR count). The van der Waals surface area contributed by atoms with Crippen molar-refractivity contribution in [3.05, 3.63) is 0 Å². The molecule has 108 valence electrons. The van der Waals surface area contributed by atoms with Crippen molar-refractivity contribution in [2.75, 3.05) is 13.1 Å². The molecule has 0 bridgehead atoms. The molecule has 0 aromatic carbocycles. The lowest BCUT2D eigenvalue weighted by Crippen LogP contribution is -2.53. The Morgan fingerprint density at radius 2 is 2.11 bits per heavy atom. The Bertz CT molecular complexity index is 346. The van der Waals surface area contributed by atoms with Crippen molar-refractivity contribution in [3.63, 3.8) is 0 Å². The SMILES string of the molecule is CCN(C(=O)C1CCC(=O)N1)C1CCCCC1CN. The van der Waals surface area contributed by atoms with Crippen LogP contribution in [0.15, 0.2) is 0 Å². The Labute approximate surface area is 114 Å². The molecular formula is C14H25N3O2. The van der Waals surface area contributed by atoms with Crippen molar-refractivity contribution in [1.29, 1.82) is 0 Å². The van der Waals surface area contributed by atoms with Crippen LogP contribution in [-0.4, -0.2) is 41.9 Å². The molecule has 19 heavy (non-hydrogen) atoms. The second-order valence-electron chi connectivity index (χ2n) is 5.63. The molecule has 2 fully saturated rings. The normalized spacial score (nSPS) is 31.1. The third kappa shape index (κ3) is 3.08. The Kier molecular flexibility index (Phi) is 4.80. The van der Waals surface area contributed by atoms with Gasteiger partial charge in [0.05, 0.1) is 0 Å². The van der Waals surface area contributed by atoms with Gasteiger partial charge in [-0.2, -0.15) is 0 Å². The fourth-order valence-electron chi connectivity index (χ4n) is 3.43. The molecule has 3 N–H and O–H groups in total. The average Bonchev–Trinajstić information content (AvgIpc) is 2.86. The lowest BCUT2D eigenvalue weighted by atomic mass is 9.83. The maximum atomic E-state index is 12.6. The van der Waals surface area contributed by atoms with E-state index in [9.17, 15) is 9.59 Å². The Balaban J connectivity index is 2.05. The van der Waals surface area contributed by atoms with Gasteiger partial charge in [-0.3, -0.25) is 9.59 Å². The number of hydrogen-bond donors (Lipinski definition) is 2. The molecule has 0 radical (unpaired) electrons. The highest BCUT2D eigenvalue weighted by Crippen LogP contribution is 2.28. The molecule has 0 spiro atoms. The molecule has 5 nitrogen and oxygen atoms in total. The molecule has 2 aliphatic rings. The highest BCUT2D eigenvalue weighted by atomic mass is 16.2. The van der Waals surface area contributed by atoms with E-state index in [0.717, 1.165) is 12.8 Å². The zero-order valence-corrected chi connectivity index (χ0v) is 11.7. The molecule has 3 unspecified atom stereocenters. The first kappa shape index (κ1) is 14.3. The van der Waals surface area contributed by atoms with Crippen LogP contribution in [0.4, 0.5) is 0 Å². The number of hydrogen-bond acceptors (Lipinski definition) is 3. The van der Waals surface area contributed by atoms with Gasteiger partial charge in [0.25, 0.3) is 0 Å². The van der Waals surface area contributed by atoms with Crippen LogP contribution in [0.25, 0.3) is 0 Å². The molecule has 1 aliphatic heterocycles. The predicted octanol–water partition coefficient (Wildman–Crippen LogP) is 0.631. The summed E-state index contributed by atoms with van der Waals surface area (Å²) in [5.74, 6) is 0.488. The van der Waals surface area contributed by atoms with Crippen LogP contribution >= 0.6 is 0 Å². The van der Waals surface area contributed by atoms with Gasteiger partial charge in [-0.05, 0) is 38.6 Å². The van der Waals surface area contributed by atoms with E-state index in [4.69, 9.17) is 5.73 Å². The third-order valence-corrected chi connectivity index (χ3v) is 4.49. The second kappa shape index (κ2) is 6.37. The van der Waals surface area contributed by atoms with Crippen molar-refractivity contribution in [2.24, 2.45) is 11.7 Å². The largest absolute Gasteiger partial charge is 0.344 e. The first-order valence-corrected chi connectivity index (χ1v) is 7.47. The number of carbonyl (C=O) groups is 2. The van der Waals surface area contributed by atoms with E-state index in [-0.39, 0.29) is 23.9 Å². The topological polar surface area (TPSA) is 75.4 Å². The van der Waals surface area contributed by atoms with E-state index < -0.39 is 0 Å². The van der Waals surface area contributed by atoms with Crippen LogP contribution < -0.4 is 11.1 Å². The highest BCUT2D eigenvalue weighted by Gasteiger charge is 2.36. The fourth-order valence-corrected chi connectivity index (χ4v) is 3.43. The van der Waals surface area contributed by atoms with Crippen LogP contribution in [0.3, 0.4) is 0 Å². The molecule has 1 aliphatic carbocycles. The van der Waals surface area contributed by atoms with Crippen LogP contribution in [-0.2, 0) is 9.59 Å². The Morgan fingerprint density at radius 1 is 1.37 bits per heavy atom. The molecule has 1 heterocycles. The average molecular weight is 267 g/mol. The molecular weight excluding hydrogens is 242 g/mol. The van der Waals surface area contributed by atoms with Crippen LogP contribution in [0, 0.1) is 5.92 Å². The first-order chi connectivity index (χ1) is 9.17. The quantitative estimate of drug-likeness (QED) is 0.784. The minimum atomic E-state index is -0.312. The minimum Gasteiger partial charge on any atom is -0.344 e. The fraction of sp³-hybridized carbons (Fsp3) is 0.857. The monoisotopic (exact) mass is 267 g/mol. The van der Waals surface area contributed by atoms with Crippen LogP contribution in [0.2, 0.25) is 0 Å².